The maximum atomic E-state index is 13.1. The highest BCUT2D eigenvalue weighted by atomic mass is 31.2. The molecular weight excluding hydrogens is 631 g/mol. The van der Waals surface area contributed by atoms with Gasteiger partial charge < -0.3 is 19.6 Å². The first-order valence-electron chi connectivity index (χ1n) is 17.8. The summed E-state index contributed by atoms with van der Waals surface area (Å²) < 4.78 is 24.4. The maximum absolute atomic E-state index is 13.1. The first-order chi connectivity index (χ1) is 23.2. The largest absolute Gasteiger partial charge is 0.427 e. The van der Waals surface area contributed by atoms with Gasteiger partial charge in [0.15, 0.2) is 0 Å². The number of para-hydroxylation sites is 1. The van der Waals surface area contributed by atoms with E-state index in [9.17, 15) is 14.6 Å². The third kappa shape index (κ3) is 11.3. The summed E-state index contributed by atoms with van der Waals surface area (Å²) in [4.78, 5) is 13.1. The molecule has 1 fully saturated rings. The summed E-state index contributed by atoms with van der Waals surface area (Å²) >= 11 is 0. The molecular formula is C41H57N2O5P. The van der Waals surface area contributed by atoms with Crippen LogP contribution in [0.3, 0.4) is 0 Å². The van der Waals surface area contributed by atoms with Gasteiger partial charge in [0.05, 0.1) is 6.66 Å². The van der Waals surface area contributed by atoms with Crippen molar-refractivity contribution in [3.05, 3.63) is 108 Å². The summed E-state index contributed by atoms with van der Waals surface area (Å²) in [6.07, 6.45) is 10.5. The lowest BCUT2D eigenvalue weighted by Crippen LogP contribution is -2.63. The molecule has 49 heavy (non-hydrogen) atoms. The highest BCUT2D eigenvalue weighted by molar-refractivity contribution is 7.53. The number of benzene rings is 3. The third-order valence-corrected chi connectivity index (χ3v) is 10.8. The first kappa shape index (κ1) is 38.4. The average Bonchev–Trinajstić information content (AvgIpc) is 3.05. The number of carbonyl (C=O) groups is 1. The van der Waals surface area contributed by atoms with Gasteiger partial charge in [-0.2, -0.15) is 5.06 Å². The fourth-order valence-corrected chi connectivity index (χ4v) is 8.28. The second-order valence-electron chi connectivity index (χ2n) is 15.0. The number of carbonyl (C=O) groups excluding carboxylic acids is 1. The molecule has 4 rings (SSSR count). The van der Waals surface area contributed by atoms with Crippen LogP contribution in [-0.4, -0.2) is 40.0 Å². The lowest BCUT2D eigenvalue weighted by Gasteiger charge is -2.51. The van der Waals surface area contributed by atoms with E-state index in [0.717, 1.165) is 32.1 Å². The Hall–Kier alpha value is -3.38. The molecule has 0 saturated carbocycles. The van der Waals surface area contributed by atoms with E-state index < -0.39 is 18.7 Å². The van der Waals surface area contributed by atoms with E-state index in [1.54, 1.807) is 12.1 Å². The Morgan fingerprint density at radius 2 is 1.41 bits per heavy atom. The Morgan fingerprint density at radius 1 is 0.878 bits per heavy atom. The van der Waals surface area contributed by atoms with Gasteiger partial charge in [-0.25, -0.2) is 4.57 Å². The second-order valence-corrected chi connectivity index (χ2v) is 16.9. The van der Waals surface area contributed by atoms with E-state index in [-0.39, 0.29) is 17.9 Å². The molecule has 3 aromatic rings. The fourth-order valence-electron chi connectivity index (χ4n) is 7.23. The van der Waals surface area contributed by atoms with Gasteiger partial charge in [0.1, 0.15) is 11.5 Å². The third-order valence-electron chi connectivity index (χ3n) is 9.76. The quantitative estimate of drug-likeness (QED) is 0.115. The van der Waals surface area contributed by atoms with Crippen molar-refractivity contribution in [2.24, 2.45) is 5.92 Å². The van der Waals surface area contributed by atoms with Crippen LogP contribution in [0.4, 0.5) is 0 Å². The van der Waals surface area contributed by atoms with Crippen LogP contribution in [0.1, 0.15) is 109 Å². The monoisotopic (exact) mass is 688 g/mol. The molecule has 0 spiro atoms. The van der Waals surface area contributed by atoms with E-state index in [1.165, 1.54) is 22.9 Å². The van der Waals surface area contributed by atoms with E-state index in [1.807, 2.05) is 65.0 Å². The average molecular weight is 689 g/mol. The number of allylic oxidation sites excluding steroid dienone is 2. The molecule has 1 aliphatic heterocycles. The molecule has 4 atom stereocenters. The van der Waals surface area contributed by atoms with Gasteiger partial charge in [0.25, 0.3) is 0 Å². The van der Waals surface area contributed by atoms with E-state index in [0.29, 0.717) is 36.2 Å². The molecule has 8 heteroatoms. The summed E-state index contributed by atoms with van der Waals surface area (Å²) in [5, 5.41) is 15.3. The predicted molar refractivity (Wildman–Crippen MR) is 200 cm³/mol. The number of amides is 1. The van der Waals surface area contributed by atoms with E-state index in [2.05, 4.69) is 66.9 Å². The summed E-state index contributed by atoms with van der Waals surface area (Å²) in [6, 6.07) is 27.7. The van der Waals surface area contributed by atoms with E-state index >= 15 is 0 Å². The van der Waals surface area contributed by atoms with Crippen molar-refractivity contribution in [2.45, 2.75) is 115 Å². The van der Waals surface area contributed by atoms with Crippen LogP contribution in [0, 0.1) is 5.92 Å². The Bertz CT molecular complexity index is 1520. The van der Waals surface area contributed by atoms with Crippen LogP contribution >= 0.6 is 7.60 Å². The van der Waals surface area contributed by atoms with Crippen LogP contribution in [0.15, 0.2) is 97.1 Å². The summed E-state index contributed by atoms with van der Waals surface area (Å²) in [5.41, 5.74) is 1.76. The lowest BCUT2D eigenvalue weighted by molar-refractivity contribution is -0.246. The Balaban J connectivity index is 1.31. The lowest BCUT2D eigenvalue weighted by atomic mass is 9.79. The number of hydrogen-bond acceptors (Lipinski definition) is 6. The molecule has 266 valence electrons. The van der Waals surface area contributed by atoms with Crippen LogP contribution in [-0.2, 0) is 9.36 Å². The molecule has 0 radical (unpaired) electrons. The number of nitrogens with one attached hydrogen (secondary N) is 1. The SMILES string of the molecule is CCC(CC(C/C=C/CCC(C)C(=O)NC1CC(C)(C)N(O)C(C)(C)C1)c1ccccc1)c1ccc(OP(C)(=O)Oc2ccccc2)cc1. The summed E-state index contributed by atoms with van der Waals surface area (Å²) in [7, 11) is -3.34. The molecule has 7 nitrogen and oxygen atoms in total. The van der Waals surface area contributed by atoms with E-state index in [4.69, 9.17) is 9.05 Å². The number of hydrogen-bond donors (Lipinski definition) is 2. The highest BCUT2D eigenvalue weighted by Gasteiger charge is 2.45. The topological polar surface area (TPSA) is 88.1 Å². The molecule has 1 aliphatic rings. The fraction of sp³-hybridized carbons (Fsp3) is 0.488. The Kier molecular flexibility index (Phi) is 13.3. The van der Waals surface area contributed by atoms with Crippen molar-refractivity contribution in [1.29, 1.82) is 0 Å². The van der Waals surface area contributed by atoms with Gasteiger partial charge in [0, 0.05) is 23.0 Å². The van der Waals surface area contributed by atoms with Crippen LogP contribution < -0.4 is 14.4 Å². The van der Waals surface area contributed by atoms with Crippen molar-refractivity contribution in [2.75, 3.05) is 6.66 Å². The van der Waals surface area contributed by atoms with Crippen molar-refractivity contribution in [3.63, 3.8) is 0 Å². The Labute approximate surface area is 294 Å². The van der Waals surface area contributed by atoms with Crippen molar-refractivity contribution >= 4 is 13.5 Å². The Morgan fingerprint density at radius 3 is 1.98 bits per heavy atom. The maximum Gasteiger partial charge on any atom is 0.427 e. The van der Waals surface area contributed by atoms with Crippen molar-refractivity contribution < 1.29 is 23.6 Å². The molecule has 4 unspecified atom stereocenters. The number of piperidine rings is 1. The molecule has 1 saturated heterocycles. The molecule has 3 aromatic carbocycles. The van der Waals surface area contributed by atoms with Crippen LogP contribution in [0.25, 0.3) is 0 Å². The first-order valence-corrected chi connectivity index (χ1v) is 19.8. The highest BCUT2D eigenvalue weighted by Crippen LogP contribution is 2.45. The zero-order chi connectivity index (χ0) is 35.7. The van der Waals surface area contributed by atoms with Gasteiger partial charge in [-0.1, -0.05) is 86.7 Å². The van der Waals surface area contributed by atoms with Crippen LogP contribution in [0.2, 0.25) is 0 Å². The molecule has 1 amide bonds. The number of nitrogens with zero attached hydrogens (tertiary/aromatic N) is 1. The molecule has 1 heterocycles. The summed E-state index contributed by atoms with van der Waals surface area (Å²) in [6.45, 7) is 13.8. The number of rotatable bonds is 16. The van der Waals surface area contributed by atoms with Crippen molar-refractivity contribution in [3.8, 4) is 11.5 Å². The van der Waals surface area contributed by atoms with Gasteiger partial charge in [0.2, 0.25) is 5.91 Å². The van der Waals surface area contributed by atoms with Gasteiger partial charge in [-0.3, -0.25) is 4.79 Å². The molecule has 0 bridgehead atoms. The molecule has 0 aliphatic carbocycles. The normalized spacial score (nSPS) is 19.4. The van der Waals surface area contributed by atoms with Crippen LogP contribution in [0.5, 0.6) is 11.5 Å². The van der Waals surface area contributed by atoms with Crippen molar-refractivity contribution in [1.82, 2.24) is 10.4 Å². The predicted octanol–water partition coefficient (Wildman–Crippen LogP) is 10.5. The number of hydroxylamine groups is 2. The smallest absolute Gasteiger partial charge is 0.416 e. The van der Waals surface area contributed by atoms with Gasteiger partial charge >= 0.3 is 7.60 Å². The standard InChI is InChI=1S/C41H57N2O5P/c1-8-32(34-24-26-38(27-25-34)48-49(7,46)47-37-22-16-11-17-23-37)28-35(33-19-13-10-14-20-33)21-15-9-12-18-31(2)39(44)42-36-29-40(3,4)43(45)41(5,6)30-36/h9-11,13-17,19-20,22-27,31-32,35-36,45H,8,12,18,21,28-30H2,1-7H3,(H,42,44)/b15-9+. The second kappa shape index (κ2) is 17.0. The molecule has 0 aromatic heterocycles. The zero-order valence-electron chi connectivity index (χ0n) is 30.5. The summed E-state index contributed by atoms with van der Waals surface area (Å²) in [5.74, 6) is 1.73. The zero-order valence-corrected chi connectivity index (χ0v) is 31.4. The minimum absolute atomic E-state index is 0.0442. The minimum atomic E-state index is -3.34. The molecule has 2 N–H and O–H groups in total. The van der Waals surface area contributed by atoms with Gasteiger partial charge in [-0.05, 0) is 120 Å². The minimum Gasteiger partial charge on any atom is -0.416 e. The van der Waals surface area contributed by atoms with Gasteiger partial charge in [-0.15, -0.1) is 0 Å².